The lowest BCUT2D eigenvalue weighted by atomic mass is 9.66. The predicted octanol–water partition coefficient (Wildman–Crippen LogP) is 2.06. The largest absolute Gasteiger partial charge is 0.508 e. The van der Waals surface area contributed by atoms with Crippen LogP contribution in [0.2, 0.25) is 5.82 Å². The fourth-order valence-electron chi connectivity index (χ4n) is 2.49. The molecule has 0 fully saturated rings. The minimum atomic E-state index is -1.68. The van der Waals surface area contributed by atoms with E-state index in [-0.39, 0.29) is 30.1 Å². The van der Waals surface area contributed by atoms with Crippen LogP contribution in [0.25, 0.3) is 0 Å². The summed E-state index contributed by atoms with van der Waals surface area (Å²) in [4.78, 5) is 12.3. The van der Waals surface area contributed by atoms with Crippen LogP contribution in [-0.2, 0) is 6.42 Å². The highest BCUT2D eigenvalue weighted by Crippen LogP contribution is 2.29. The third-order valence-electron chi connectivity index (χ3n) is 3.84. The summed E-state index contributed by atoms with van der Waals surface area (Å²) in [6.07, 6.45) is 0.0598. The molecule has 0 radical (unpaired) electrons. The molecule has 0 saturated heterocycles. The van der Waals surface area contributed by atoms with Gasteiger partial charge in [0.2, 0.25) is 0 Å². The lowest BCUT2D eigenvalue weighted by Crippen LogP contribution is -2.24. The zero-order valence-corrected chi connectivity index (χ0v) is 12.8. The average Bonchev–Trinajstić information content (AvgIpc) is 2.50. The quantitative estimate of drug-likeness (QED) is 0.483. The number of hydrogen-bond donors (Lipinski definition) is 4. The van der Waals surface area contributed by atoms with Crippen molar-refractivity contribution in [2.45, 2.75) is 25.6 Å². The van der Waals surface area contributed by atoms with Crippen LogP contribution >= 0.6 is 0 Å². The molecule has 1 atom stereocenters. The summed E-state index contributed by atoms with van der Waals surface area (Å²) in [6.45, 7) is 1.75. The SMILES string of the molecule is Cc1cccc(CC(CC(=O)c2cccc(O)c2)B(O)O)c1O. The van der Waals surface area contributed by atoms with E-state index >= 15 is 0 Å². The van der Waals surface area contributed by atoms with Crippen molar-refractivity contribution in [2.24, 2.45) is 0 Å². The van der Waals surface area contributed by atoms with E-state index in [9.17, 15) is 25.1 Å². The summed E-state index contributed by atoms with van der Waals surface area (Å²) in [5.74, 6) is -0.972. The molecular weight excluding hydrogens is 295 g/mol. The normalized spacial score (nSPS) is 12.0. The first kappa shape index (κ1) is 17.1. The fraction of sp³-hybridized carbons (Fsp3) is 0.235. The van der Waals surface area contributed by atoms with Crippen LogP contribution in [0.3, 0.4) is 0 Å². The first-order chi connectivity index (χ1) is 10.9. The maximum Gasteiger partial charge on any atom is 0.455 e. The van der Waals surface area contributed by atoms with Crippen molar-refractivity contribution in [3.05, 3.63) is 59.2 Å². The van der Waals surface area contributed by atoms with Crippen LogP contribution in [-0.4, -0.2) is 33.2 Å². The Morgan fingerprint density at radius 1 is 1.13 bits per heavy atom. The lowest BCUT2D eigenvalue weighted by molar-refractivity contribution is 0.0975. The maximum absolute atomic E-state index is 12.3. The summed E-state index contributed by atoms with van der Waals surface area (Å²) in [6, 6.07) is 11.1. The topological polar surface area (TPSA) is 98.0 Å². The first-order valence-electron chi connectivity index (χ1n) is 7.34. The molecule has 1 unspecified atom stereocenters. The predicted molar refractivity (Wildman–Crippen MR) is 87.5 cm³/mol. The Hall–Kier alpha value is -2.31. The molecule has 0 bridgehead atoms. The number of aromatic hydroxyl groups is 2. The molecule has 0 amide bonds. The van der Waals surface area contributed by atoms with E-state index in [1.165, 1.54) is 12.1 Å². The molecule has 0 saturated carbocycles. The molecule has 2 rings (SSSR count). The third-order valence-corrected chi connectivity index (χ3v) is 3.84. The third kappa shape index (κ3) is 4.34. The van der Waals surface area contributed by atoms with Gasteiger partial charge in [-0.25, -0.2) is 0 Å². The number of phenols is 2. The van der Waals surface area contributed by atoms with Gasteiger partial charge in [0.25, 0.3) is 0 Å². The van der Waals surface area contributed by atoms with Gasteiger partial charge in [-0.2, -0.15) is 0 Å². The van der Waals surface area contributed by atoms with Gasteiger partial charge in [0.1, 0.15) is 11.5 Å². The van der Waals surface area contributed by atoms with E-state index in [1.807, 2.05) is 0 Å². The molecule has 0 aromatic heterocycles. The Balaban J connectivity index is 2.16. The van der Waals surface area contributed by atoms with Gasteiger partial charge < -0.3 is 20.3 Å². The number of carbonyl (C=O) groups excluding carboxylic acids is 1. The number of aryl methyl sites for hydroxylation is 1. The van der Waals surface area contributed by atoms with Crippen LogP contribution in [0.15, 0.2) is 42.5 Å². The standard InChI is InChI=1S/C17H19BO5/c1-11-4-2-6-13(17(11)21)8-14(18(22)23)10-16(20)12-5-3-7-15(19)9-12/h2-7,9,14,19,21-23H,8,10H2,1H3. The van der Waals surface area contributed by atoms with Gasteiger partial charge in [0.15, 0.2) is 5.78 Å². The van der Waals surface area contributed by atoms with Gasteiger partial charge in [-0.15, -0.1) is 0 Å². The smallest absolute Gasteiger partial charge is 0.455 e. The molecule has 0 spiro atoms. The number of rotatable bonds is 6. The number of phenolic OH excluding ortho intramolecular Hbond substituents is 2. The summed E-state index contributed by atoms with van der Waals surface area (Å²) in [5, 5.41) is 38.6. The molecule has 23 heavy (non-hydrogen) atoms. The first-order valence-corrected chi connectivity index (χ1v) is 7.34. The van der Waals surface area contributed by atoms with Crippen molar-refractivity contribution in [1.82, 2.24) is 0 Å². The highest BCUT2D eigenvalue weighted by Gasteiger charge is 2.28. The Kier molecular flexibility index (Phi) is 5.42. The zero-order valence-electron chi connectivity index (χ0n) is 12.8. The molecule has 2 aromatic carbocycles. The minimum Gasteiger partial charge on any atom is -0.508 e. The van der Waals surface area contributed by atoms with Crippen molar-refractivity contribution in [1.29, 1.82) is 0 Å². The summed E-state index contributed by atoms with van der Waals surface area (Å²) >= 11 is 0. The monoisotopic (exact) mass is 314 g/mol. The van der Waals surface area contributed by atoms with Crippen LogP contribution in [0, 0.1) is 6.92 Å². The molecule has 0 aliphatic carbocycles. The molecule has 4 N–H and O–H groups in total. The van der Waals surface area contributed by atoms with Gasteiger partial charge in [0, 0.05) is 17.8 Å². The van der Waals surface area contributed by atoms with Gasteiger partial charge in [-0.05, 0) is 36.6 Å². The van der Waals surface area contributed by atoms with Gasteiger partial charge in [0.05, 0.1) is 0 Å². The second-order valence-electron chi connectivity index (χ2n) is 5.64. The van der Waals surface area contributed by atoms with Crippen molar-refractivity contribution in [3.8, 4) is 11.5 Å². The highest BCUT2D eigenvalue weighted by atomic mass is 16.4. The second kappa shape index (κ2) is 7.31. The number of ketones is 1. The summed E-state index contributed by atoms with van der Waals surface area (Å²) < 4.78 is 0. The fourth-order valence-corrected chi connectivity index (χ4v) is 2.49. The van der Waals surface area contributed by atoms with Crippen LogP contribution < -0.4 is 0 Å². The Bertz CT molecular complexity index is 699. The van der Waals surface area contributed by atoms with E-state index in [1.54, 1.807) is 37.3 Å². The van der Waals surface area contributed by atoms with Gasteiger partial charge in [-0.1, -0.05) is 30.3 Å². The van der Waals surface area contributed by atoms with Crippen LogP contribution in [0.4, 0.5) is 0 Å². The minimum absolute atomic E-state index is 0.0201. The number of Topliss-reactive ketones (excluding diaryl/α,β-unsaturated/α-hetero) is 1. The highest BCUT2D eigenvalue weighted by molar-refractivity contribution is 6.43. The number of benzene rings is 2. The number of carbonyl (C=O) groups is 1. The molecule has 120 valence electrons. The molecule has 0 aliphatic rings. The van der Waals surface area contributed by atoms with E-state index in [0.29, 0.717) is 16.7 Å². The van der Waals surface area contributed by atoms with Crippen molar-refractivity contribution < 1.29 is 25.1 Å². The van der Waals surface area contributed by atoms with Crippen molar-refractivity contribution >= 4 is 12.9 Å². The Morgan fingerprint density at radius 3 is 2.48 bits per heavy atom. The van der Waals surface area contributed by atoms with Crippen LogP contribution in [0.1, 0.15) is 27.9 Å². The molecule has 6 heteroatoms. The summed E-state index contributed by atoms with van der Waals surface area (Å²) in [5.41, 5.74) is 1.56. The van der Waals surface area contributed by atoms with E-state index in [4.69, 9.17) is 0 Å². The van der Waals surface area contributed by atoms with Crippen molar-refractivity contribution in [3.63, 3.8) is 0 Å². The van der Waals surface area contributed by atoms with E-state index < -0.39 is 12.9 Å². The molecular formula is C17H19BO5. The Labute approximate surface area is 135 Å². The molecule has 2 aromatic rings. The summed E-state index contributed by atoms with van der Waals surface area (Å²) in [7, 11) is -1.68. The van der Waals surface area contributed by atoms with Crippen molar-refractivity contribution in [2.75, 3.05) is 0 Å². The Morgan fingerprint density at radius 2 is 1.83 bits per heavy atom. The molecule has 0 heterocycles. The number of hydrogen-bond acceptors (Lipinski definition) is 5. The maximum atomic E-state index is 12.3. The van der Waals surface area contributed by atoms with Gasteiger partial charge in [-0.3, -0.25) is 4.79 Å². The van der Waals surface area contributed by atoms with Gasteiger partial charge >= 0.3 is 7.12 Å². The van der Waals surface area contributed by atoms with E-state index in [2.05, 4.69) is 0 Å². The lowest BCUT2D eigenvalue weighted by Gasteiger charge is -2.16. The molecule has 5 nitrogen and oxygen atoms in total. The van der Waals surface area contributed by atoms with Crippen LogP contribution in [0.5, 0.6) is 11.5 Å². The zero-order chi connectivity index (χ0) is 17.0. The second-order valence-corrected chi connectivity index (χ2v) is 5.64. The molecule has 0 aliphatic heterocycles. The average molecular weight is 314 g/mol. The van der Waals surface area contributed by atoms with E-state index in [0.717, 1.165) is 0 Å². The number of para-hydroxylation sites is 1.